The van der Waals surface area contributed by atoms with Crippen LogP contribution in [0, 0.1) is 5.92 Å². The molecule has 2 heterocycles. The standard InChI is InChI=1S/C21H20N4OS/c1-14(2)20(26)22-17-10-8-16(9-11-17)19-13-27-21-23-18(12-25(21)24-19)15-6-4-3-5-7-15/h3-12,14H,13H2,1-2H3,(H,22,26). The van der Waals surface area contributed by atoms with Gasteiger partial charge in [0.1, 0.15) is 0 Å². The lowest BCUT2D eigenvalue weighted by molar-refractivity contribution is -0.118. The van der Waals surface area contributed by atoms with E-state index >= 15 is 0 Å². The molecule has 5 nitrogen and oxygen atoms in total. The fourth-order valence-electron chi connectivity index (χ4n) is 2.74. The molecular formula is C21H20N4OS. The molecule has 27 heavy (non-hydrogen) atoms. The molecule has 0 aliphatic carbocycles. The Hall–Kier alpha value is -2.86. The Labute approximate surface area is 162 Å². The van der Waals surface area contributed by atoms with E-state index in [2.05, 4.69) is 10.3 Å². The SMILES string of the molecule is CC(C)C(=O)Nc1ccc(C2=Nn3cc(-c4ccccc4)nc3SC2)cc1. The maximum atomic E-state index is 11.8. The summed E-state index contributed by atoms with van der Waals surface area (Å²) in [6, 6.07) is 17.9. The van der Waals surface area contributed by atoms with Crippen molar-refractivity contribution in [3.63, 3.8) is 0 Å². The van der Waals surface area contributed by atoms with Gasteiger partial charge in [-0.1, -0.05) is 68.1 Å². The van der Waals surface area contributed by atoms with Crippen LogP contribution in [0.5, 0.6) is 0 Å². The zero-order chi connectivity index (χ0) is 18.8. The van der Waals surface area contributed by atoms with Gasteiger partial charge >= 0.3 is 0 Å². The third-order valence-electron chi connectivity index (χ3n) is 4.30. The lowest BCUT2D eigenvalue weighted by atomic mass is 10.1. The van der Waals surface area contributed by atoms with Crippen molar-refractivity contribution in [1.82, 2.24) is 9.66 Å². The fourth-order valence-corrected chi connectivity index (χ4v) is 3.62. The zero-order valence-electron chi connectivity index (χ0n) is 15.2. The van der Waals surface area contributed by atoms with Crippen molar-refractivity contribution in [3.8, 4) is 11.3 Å². The van der Waals surface area contributed by atoms with Crippen molar-refractivity contribution in [3.05, 3.63) is 66.4 Å². The van der Waals surface area contributed by atoms with Crippen LogP contribution in [-0.2, 0) is 4.79 Å². The van der Waals surface area contributed by atoms with Crippen LogP contribution < -0.4 is 5.32 Å². The molecule has 6 heteroatoms. The van der Waals surface area contributed by atoms with Gasteiger partial charge in [-0.3, -0.25) is 4.79 Å². The molecule has 3 aromatic rings. The summed E-state index contributed by atoms with van der Waals surface area (Å²) in [6.07, 6.45) is 1.97. The van der Waals surface area contributed by atoms with Crippen LogP contribution in [0.4, 0.5) is 5.69 Å². The molecule has 0 saturated carbocycles. The summed E-state index contributed by atoms with van der Waals surface area (Å²) in [5, 5.41) is 8.55. The number of hydrogen-bond donors (Lipinski definition) is 1. The maximum absolute atomic E-state index is 11.8. The number of carbonyl (C=O) groups excluding carboxylic acids is 1. The first-order chi connectivity index (χ1) is 13.1. The van der Waals surface area contributed by atoms with Crippen LogP contribution in [0.15, 0.2) is 71.1 Å². The molecule has 2 aromatic carbocycles. The lowest BCUT2D eigenvalue weighted by Crippen LogP contribution is -2.18. The number of rotatable bonds is 4. The zero-order valence-corrected chi connectivity index (χ0v) is 16.0. The normalized spacial score (nSPS) is 13.2. The van der Waals surface area contributed by atoms with E-state index in [1.807, 2.05) is 79.3 Å². The van der Waals surface area contributed by atoms with Gasteiger partial charge < -0.3 is 5.32 Å². The smallest absolute Gasteiger partial charge is 0.226 e. The molecule has 1 aliphatic rings. The number of nitrogens with one attached hydrogen (secondary N) is 1. The molecule has 1 aliphatic heterocycles. The molecule has 1 aromatic heterocycles. The van der Waals surface area contributed by atoms with Gasteiger partial charge in [0.25, 0.3) is 0 Å². The molecule has 4 rings (SSSR count). The van der Waals surface area contributed by atoms with E-state index in [1.54, 1.807) is 11.8 Å². The number of fused-ring (bicyclic) bond motifs is 1. The molecule has 1 N–H and O–H groups in total. The average Bonchev–Trinajstić information content (AvgIpc) is 3.12. The minimum absolute atomic E-state index is 0.0183. The number of nitrogens with zero attached hydrogens (tertiary/aromatic N) is 3. The quantitative estimate of drug-likeness (QED) is 0.729. The van der Waals surface area contributed by atoms with E-state index in [-0.39, 0.29) is 11.8 Å². The van der Waals surface area contributed by atoms with E-state index in [9.17, 15) is 4.79 Å². The fraction of sp³-hybridized carbons (Fsp3) is 0.190. The number of anilines is 1. The summed E-state index contributed by atoms with van der Waals surface area (Å²) in [6.45, 7) is 3.76. The molecule has 0 bridgehead atoms. The highest BCUT2D eigenvalue weighted by Gasteiger charge is 2.17. The highest BCUT2D eigenvalue weighted by molar-refractivity contribution is 7.99. The van der Waals surface area contributed by atoms with Crippen LogP contribution in [0.25, 0.3) is 11.3 Å². The van der Waals surface area contributed by atoms with Gasteiger partial charge in [-0.15, -0.1) is 0 Å². The topological polar surface area (TPSA) is 59.3 Å². The number of imidazole rings is 1. The van der Waals surface area contributed by atoms with E-state index in [4.69, 9.17) is 5.10 Å². The predicted octanol–water partition coefficient (Wildman–Crippen LogP) is 4.50. The summed E-state index contributed by atoms with van der Waals surface area (Å²) in [5.74, 6) is 0.746. The van der Waals surface area contributed by atoms with Gasteiger partial charge in [-0.2, -0.15) is 5.10 Å². The monoisotopic (exact) mass is 376 g/mol. The van der Waals surface area contributed by atoms with Crippen LogP contribution in [0.1, 0.15) is 19.4 Å². The van der Waals surface area contributed by atoms with Crippen molar-refractivity contribution in [2.24, 2.45) is 11.0 Å². The lowest BCUT2D eigenvalue weighted by Gasteiger charge is -2.13. The van der Waals surface area contributed by atoms with Crippen molar-refractivity contribution >= 4 is 29.1 Å². The Balaban J connectivity index is 1.56. The first kappa shape index (κ1) is 17.5. The Morgan fingerprint density at radius 2 is 1.81 bits per heavy atom. The predicted molar refractivity (Wildman–Crippen MR) is 110 cm³/mol. The van der Waals surface area contributed by atoms with Gasteiger partial charge in [0.15, 0.2) is 5.16 Å². The van der Waals surface area contributed by atoms with Crippen LogP contribution >= 0.6 is 11.8 Å². The molecular weight excluding hydrogens is 356 g/mol. The second-order valence-corrected chi connectivity index (χ2v) is 7.62. The number of amides is 1. The van der Waals surface area contributed by atoms with E-state index < -0.39 is 0 Å². The second kappa shape index (κ2) is 7.40. The molecule has 0 fully saturated rings. The summed E-state index contributed by atoms with van der Waals surface area (Å²) < 4.78 is 1.85. The van der Waals surface area contributed by atoms with E-state index in [0.717, 1.165) is 39.1 Å². The highest BCUT2D eigenvalue weighted by Crippen LogP contribution is 2.28. The first-order valence-corrected chi connectivity index (χ1v) is 9.85. The third-order valence-corrected chi connectivity index (χ3v) is 5.26. The summed E-state index contributed by atoms with van der Waals surface area (Å²) in [5.41, 5.74) is 4.85. The van der Waals surface area contributed by atoms with Gasteiger partial charge in [-0.05, 0) is 17.7 Å². The second-order valence-electron chi connectivity index (χ2n) is 6.68. The van der Waals surface area contributed by atoms with Gasteiger partial charge in [0, 0.05) is 22.9 Å². The number of aromatic nitrogens is 2. The molecule has 0 radical (unpaired) electrons. The summed E-state index contributed by atoms with van der Waals surface area (Å²) in [4.78, 5) is 16.5. The van der Waals surface area contributed by atoms with Crippen molar-refractivity contribution in [2.75, 3.05) is 11.1 Å². The van der Waals surface area contributed by atoms with Crippen LogP contribution in [0.2, 0.25) is 0 Å². The number of hydrogen-bond acceptors (Lipinski definition) is 4. The Morgan fingerprint density at radius 3 is 2.52 bits per heavy atom. The highest BCUT2D eigenvalue weighted by atomic mass is 32.2. The molecule has 0 atom stereocenters. The van der Waals surface area contributed by atoms with E-state index in [1.165, 1.54) is 0 Å². The first-order valence-electron chi connectivity index (χ1n) is 8.87. The molecule has 1 amide bonds. The summed E-state index contributed by atoms with van der Waals surface area (Å²) >= 11 is 1.68. The molecule has 0 spiro atoms. The minimum atomic E-state index is -0.0396. The number of carbonyl (C=O) groups is 1. The van der Waals surface area contributed by atoms with Crippen molar-refractivity contribution < 1.29 is 4.79 Å². The van der Waals surface area contributed by atoms with E-state index in [0.29, 0.717) is 0 Å². The van der Waals surface area contributed by atoms with Crippen LogP contribution in [-0.4, -0.2) is 27.0 Å². The minimum Gasteiger partial charge on any atom is -0.326 e. The maximum Gasteiger partial charge on any atom is 0.226 e. The summed E-state index contributed by atoms with van der Waals surface area (Å²) in [7, 11) is 0. The molecule has 0 saturated heterocycles. The largest absolute Gasteiger partial charge is 0.326 e. The van der Waals surface area contributed by atoms with Crippen molar-refractivity contribution in [2.45, 2.75) is 19.0 Å². The average molecular weight is 376 g/mol. The molecule has 0 unspecified atom stereocenters. The van der Waals surface area contributed by atoms with Crippen molar-refractivity contribution in [1.29, 1.82) is 0 Å². The van der Waals surface area contributed by atoms with Gasteiger partial charge in [0.05, 0.1) is 17.6 Å². The van der Waals surface area contributed by atoms with Gasteiger partial charge in [0.2, 0.25) is 5.91 Å². The Morgan fingerprint density at radius 1 is 1.07 bits per heavy atom. The molecule has 136 valence electrons. The Kier molecular flexibility index (Phi) is 4.81. The van der Waals surface area contributed by atoms with Gasteiger partial charge in [-0.25, -0.2) is 9.66 Å². The Bertz CT molecular complexity index is 991. The number of benzene rings is 2. The third kappa shape index (κ3) is 3.80. The number of thioether (sulfide) groups is 1. The van der Waals surface area contributed by atoms with Crippen LogP contribution in [0.3, 0.4) is 0 Å².